The normalized spacial score (nSPS) is 12.2. The van der Waals surface area contributed by atoms with Crippen molar-refractivity contribution < 1.29 is 0 Å². The average molecular weight is 287 g/mol. The Labute approximate surface area is 128 Å². The van der Waals surface area contributed by atoms with Gasteiger partial charge in [0.2, 0.25) is 0 Å². The molecule has 1 aromatic heterocycles. The third kappa shape index (κ3) is 3.58. The van der Waals surface area contributed by atoms with E-state index < -0.39 is 0 Å². The third-order valence-electron chi connectivity index (χ3n) is 3.97. The maximum Gasteiger partial charge on any atom is 0.115 e. The van der Waals surface area contributed by atoms with E-state index in [2.05, 4.69) is 38.3 Å². The molecule has 0 saturated heterocycles. The minimum Gasteiger partial charge on any atom is -0.397 e. The van der Waals surface area contributed by atoms with Gasteiger partial charge in [0.25, 0.3) is 0 Å². The first-order valence-electron chi connectivity index (χ1n) is 8.20. The fourth-order valence-electron chi connectivity index (χ4n) is 2.84. The summed E-state index contributed by atoms with van der Waals surface area (Å²) in [6, 6.07) is 6.10. The molecule has 2 N–H and O–H groups in total. The second-order valence-electron chi connectivity index (χ2n) is 6.97. The van der Waals surface area contributed by atoms with Gasteiger partial charge in [0.1, 0.15) is 11.3 Å². The van der Waals surface area contributed by atoms with Crippen LogP contribution in [0.2, 0.25) is 0 Å². The highest BCUT2D eigenvalue weighted by atomic mass is 15.1. The summed E-state index contributed by atoms with van der Waals surface area (Å²) in [5, 5.41) is 0. The molecule has 0 radical (unpaired) electrons. The zero-order chi connectivity index (χ0) is 15.5. The van der Waals surface area contributed by atoms with Crippen LogP contribution < -0.4 is 5.73 Å². The molecule has 0 aliphatic rings. The summed E-state index contributed by atoms with van der Waals surface area (Å²) in [6.45, 7) is 9.95. The molecule has 0 aliphatic heterocycles. The number of rotatable bonds is 6. The molecule has 0 bridgehead atoms. The summed E-state index contributed by atoms with van der Waals surface area (Å²) in [5.41, 5.74) is 9.05. The van der Waals surface area contributed by atoms with Gasteiger partial charge in [-0.15, -0.1) is 0 Å². The van der Waals surface area contributed by atoms with Gasteiger partial charge in [0.15, 0.2) is 0 Å². The second kappa shape index (κ2) is 6.50. The molecule has 0 fully saturated rings. The summed E-state index contributed by atoms with van der Waals surface area (Å²) in [6.07, 6.45) is 6.46. The first-order chi connectivity index (χ1) is 9.95. The van der Waals surface area contributed by atoms with Gasteiger partial charge in [0, 0.05) is 12.0 Å². The number of aromatic nitrogens is 2. The molecule has 2 aromatic rings. The maximum atomic E-state index is 6.10. The van der Waals surface area contributed by atoms with Crippen LogP contribution in [0.15, 0.2) is 18.2 Å². The predicted octanol–water partition coefficient (Wildman–Crippen LogP) is 4.89. The topological polar surface area (TPSA) is 43.8 Å². The lowest BCUT2D eigenvalue weighted by molar-refractivity contribution is 0.486. The van der Waals surface area contributed by atoms with Crippen LogP contribution in [0.3, 0.4) is 0 Å². The van der Waals surface area contributed by atoms with Gasteiger partial charge < -0.3 is 10.3 Å². The van der Waals surface area contributed by atoms with Crippen molar-refractivity contribution in [2.45, 2.75) is 71.8 Å². The molecule has 2 rings (SSSR count). The van der Waals surface area contributed by atoms with Gasteiger partial charge in [-0.1, -0.05) is 59.4 Å². The molecule has 3 nitrogen and oxygen atoms in total. The molecule has 3 heteroatoms. The predicted molar refractivity (Wildman–Crippen MR) is 91.6 cm³/mol. The molecule has 0 unspecified atom stereocenters. The second-order valence-corrected chi connectivity index (χ2v) is 6.97. The van der Waals surface area contributed by atoms with Crippen LogP contribution in [-0.4, -0.2) is 9.55 Å². The van der Waals surface area contributed by atoms with Gasteiger partial charge in [-0.05, 0) is 18.6 Å². The highest BCUT2D eigenvalue weighted by Gasteiger charge is 2.23. The number of aryl methyl sites for hydroxylation is 1. The highest BCUT2D eigenvalue weighted by molar-refractivity contribution is 5.87. The van der Waals surface area contributed by atoms with E-state index in [0.29, 0.717) is 0 Å². The van der Waals surface area contributed by atoms with Crippen molar-refractivity contribution in [3.63, 3.8) is 0 Å². The third-order valence-corrected chi connectivity index (χ3v) is 3.97. The standard InChI is InChI=1S/C18H29N3/c1-5-6-7-8-9-13-21-15-12-10-11-14(19)16(15)20-17(21)18(2,3)4/h10-12H,5-9,13,19H2,1-4H3. The van der Waals surface area contributed by atoms with Crippen LogP contribution in [-0.2, 0) is 12.0 Å². The largest absolute Gasteiger partial charge is 0.397 e. The Bertz CT molecular complexity index is 590. The average Bonchev–Trinajstić information content (AvgIpc) is 2.79. The van der Waals surface area contributed by atoms with Crippen molar-refractivity contribution >= 4 is 16.7 Å². The number of para-hydroxylation sites is 1. The number of hydrogen-bond donors (Lipinski definition) is 1. The summed E-state index contributed by atoms with van der Waals surface area (Å²) < 4.78 is 2.37. The number of anilines is 1. The van der Waals surface area contributed by atoms with Crippen LogP contribution in [0.4, 0.5) is 5.69 Å². The van der Waals surface area contributed by atoms with Gasteiger partial charge in [-0.3, -0.25) is 0 Å². The Morgan fingerprint density at radius 1 is 1.10 bits per heavy atom. The van der Waals surface area contributed by atoms with Gasteiger partial charge in [-0.2, -0.15) is 0 Å². The number of nitrogen functional groups attached to an aromatic ring is 1. The molecule has 0 aliphatic carbocycles. The molecule has 0 atom stereocenters. The number of nitrogens with two attached hydrogens (primary N) is 1. The van der Waals surface area contributed by atoms with E-state index >= 15 is 0 Å². The number of fused-ring (bicyclic) bond motifs is 1. The molecule has 1 aromatic carbocycles. The van der Waals surface area contributed by atoms with E-state index in [1.807, 2.05) is 12.1 Å². The van der Waals surface area contributed by atoms with Crippen LogP contribution in [0.5, 0.6) is 0 Å². The summed E-state index contributed by atoms with van der Waals surface area (Å²) >= 11 is 0. The molecule has 0 amide bonds. The molecule has 1 heterocycles. The summed E-state index contributed by atoms with van der Waals surface area (Å²) in [5.74, 6) is 1.14. The van der Waals surface area contributed by atoms with E-state index in [1.165, 1.54) is 37.6 Å². The lowest BCUT2D eigenvalue weighted by Crippen LogP contribution is -2.19. The Kier molecular flexibility index (Phi) is 4.92. The van der Waals surface area contributed by atoms with E-state index in [0.717, 1.165) is 23.6 Å². The Hall–Kier alpha value is -1.51. The summed E-state index contributed by atoms with van der Waals surface area (Å²) in [7, 11) is 0. The SMILES string of the molecule is CCCCCCCn1c(C(C)(C)C)nc2c(N)cccc21. The van der Waals surface area contributed by atoms with Crippen molar-refractivity contribution in [1.29, 1.82) is 0 Å². The van der Waals surface area contributed by atoms with Crippen LogP contribution in [0.1, 0.15) is 65.6 Å². The minimum atomic E-state index is 0.0366. The zero-order valence-electron chi connectivity index (χ0n) is 13.9. The minimum absolute atomic E-state index is 0.0366. The Morgan fingerprint density at radius 2 is 1.81 bits per heavy atom. The Morgan fingerprint density at radius 3 is 2.48 bits per heavy atom. The monoisotopic (exact) mass is 287 g/mol. The number of nitrogens with zero attached hydrogens (tertiary/aromatic N) is 2. The molecule has 0 saturated carbocycles. The van der Waals surface area contributed by atoms with Gasteiger partial charge in [-0.25, -0.2) is 4.98 Å². The molecule has 0 spiro atoms. The Balaban J connectivity index is 2.28. The van der Waals surface area contributed by atoms with Crippen molar-refractivity contribution in [3.05, 3.63) is 24.0 Å². The molecule has 21 heavy (non-hydrogen) atoms. The lowest BCUT2D eigenvalue weighted by Gasteiger charge is -2.20. The molecular formula is C18H29N3. The first-order valence-corrected chi connectivity index (χ1v) is 8.20. The number of benzene rings is 1. The van der Waals surface area contributed by atoms with Crippen LogP contribution in [0.25, 0.3) is 11.0 Å². The fourth-order valence-corrected chi connectivity index (χ4v) is 2.84. The van der Waals surface area contributed by atoms with Crippen molar-refractivity contribution in [3.8, 4) is 0 Å². The van der Waals surface area contributed by atoms with Gasteiger partial charge in [0.05, 0.1) is 11.2 Å². The number of imidazole rings is 1. The van der Waals surface area contributed by atoms with Crippen molar-refractivity contribution in [2.24, 2.45) is 0 Å². The summed E-state index contributed by atoms with van der Waals surface area (Å²) in [4.78, 5) is 4.84. The smallest absolute Gasteiger partial charge is 0.115 e. The van der Waals surface area contributed by atoms with Gasteiger partial charge >= 0.3 is 0 Å². The molecular weight excluding hydrogens is 258 g/mol. The number of hydrogen-bond acceptors (Lipinski definition) is 2. The van der Waals surface area contributed by atoms with E-state index in [1.54, 1.807) is 0 Å². The van der Waals surface area contributed by atoms with Crippen LogP contribution >= 0.6 is 0 Å². The number of unbranched alkanes of at least 4 members (excludes halogenated alkanes) is 4. The van der Waals surface area contributed by atoms with Crippen LogP contribution in [0, 0.1) is 0 Å². The first kappa shape index (κ1) is 15.9. The fraction of sp³-hybridized carbons (Fsp3) is 0.611. The maximum absolute atomic E-state index is 6.10. The van der Waals surface area contributed by atoms with E-state index in [4.69, 9.17) is 10.7 Å². The van der Waals surface area contributed by atoms with Crippen molar-refractivity contribution in [1.82, 2.24) is 9.55 Å². The van der Waals surface area contributed by atoms with E-state index in [-0.39, 0.29) is 5.41 Å². The zero-order valence-corrected chi connectivity index (χ0v) is 13.9. The van der Waals surface area contributed by atoms with E-state index in [9.17, 15) is 0 Å². The van der Waals surface area contributed by atoms with Crippen molar-refractivity contribution in [2.75, 3.05) is 5.73 Å². The lowest BCUT2D eigenvalue weighted by atomic mass is 9.95. The molecule has 116 valence electrons. The quantitative estimate of drug-likeness (QED) is 0.607. The highest BCUT2D eigenvalue weighted by Crippen LogP contribution is 2.29.